The molecule has 0 atom stereocenters. The van der Waals surface area contributed by atoms with Crippen molar-refractivity contribution >= 4 is 5.91 Å². The Balaban J connectivity index is 1.51. The van der Waals surface area contributed by atoms with Crippen molar-refractivity contribution in [1.82, 2.24) is 15.0 Å². The Morgan fingerprint density at radius 2 is 2.28 bits per heavy atom. The Bertz CT molecular complexity index is 436. The fourth-order valence-corrected chi connectivity index (χ4v) is 2.13. The molecule has 2 aliphatic rings. The Morgan fingerprint density at radius 1 is 1.50 bits per heavy atom. The van der Waals surface area contributed by atoms with Crippen LogP contribution in [0.4, 0.5) is 0 Å². The number of hydrogen-bond donors (Lipinski definition) is 0. The predicted molar refractivity (Wildman–Crippen MR) is 61.9 cm³/mol. The van der Waals surface area contributed by atoms with Gasteiger partial charge in [-0.05, 0) is 12.8 Å². The lowest BCUT2D eigenvalue weighted by Crippen LogP contribution is -2.49. The third kappa shape index (κ3) is 2.25. The third-order valence-electron chi connectivity index (χ3n) is 3.48. The molecule has 1 aliphatic carbocycles. The second kappa shape index (κ2) is 4.68. The minimum Gasteiger partial charge on any atom is -0.384 e. The van der Waals surface area contributed by atoms with Crippen LogP contribution < -0.4 is 0 Å². The smallest absolute Gasteiger partial charge is 0.233 e. The van der Waals surface area contributed by atoms with Gasteiger partial charge < -0.3 is 14.2 Å². The number of carbonyl (C=O) groups excluding carboxylic acids is 1. The zero-order chi connectivity index (χ0) is 12.5. The van der Waals surface area contributed by atoms with Crippen LogP contribution in [-0.4, -0.2) is 47.8 Å². The topological polar surface area (TPSA) is 68.5 Å². The molecule has 1 amide bonds. The normalized spacial score (nSPS) is 19.9. The van der Waals surface area contributed by atoms with Crippen molar-refractivity contribution < 1.29 is 14.1 Å². The highest BCUT2D eigenvalue weighted by atomic mass is 16.5. The van der Waals surface area contributed by atoms with Gasteiger partial charge in [0.05, 0.1) is 12.5 Å². The van der Waals surface area contributed by atoms with Crippen LogP contribution >= 0.6 is 0 Å². The third-order valence-corrected chi connectivity index (χ3v) is 3.48. The second-order valence-electron chi connectivity index (χ2n) is 5.01. The van der Waals surface area contributed by atoms with Gasteiger partial charge in [-0.25, -0.2) is 0 Å². The van der Waals surface area contributed by atoms with Gasteiger partial charge in [-0.1, -0.05) is 5.16 Å². The molecule has 0 spiro atoms. The summed E-state index contributed by atoms with van der Waals surface area (Å²) in [5.41, 5.74) is 0. The van der Waals surface area contributed by atoms with E-state index in [0.717, 1.165) is 25.9 Å². The summed E-state index contributed by atoms with van der Waals surface area (Å²) >= 11 is 0. The quantitative estimate of drug-likeness (QED) is 0.766. The number of amides is 1. The summed E-state index contributed by atoms with van der Waals surface area (Å²) in [5.74, 6) is 2.15. The van der Waals surface area contributed by atoms with Gasteiger partial charge in [0.25, 0.3) is 0 Å². The Morgan fingerprint density at radius 3 is 2.94 bits per heavy atom. The first-order valence-corrected chi connectivity index (χ1v) is 6.38. The van der Waals surface area contributed by atoms with Gasteiger partial charge in [0.15, 0.2) is 5.82 Å². The molecule has 0 bridgehead atoms. The van der Waals surface area contributed by atoms with Crippen LogP contribution in [0.15, 0.2) is 4.52 Å². The monoisotopic (exact) mass is 251 g/mol. The zero-order valence-electron chi connectivity index (χ0n) is 10.5. The first-order valence-electron chi connectivity index (χ1n) is 6.38. The van der Waals surface area contributed by atoms with E-state index in [4.69, 9.17) is 9.26 Å². The number of nitrogens with zero attached hydrogens (tertiary/aromatic N) is 3. The van der Waals surface area contributed by atoms with E-state index in [-0.39, 0.29) is 5.92 Å². The molecule has 0 unspecified atom stereocenters. The van der Waals surface area contributed by atoms with Crippen LogP contribution in [0.2, 0.25) is 0 Å². The maximum Gasteiger partial charge on any atom is 0.233 e. The van der Waals surface area contributed by atoms with Gasteiger partial charge in [0.2, 0.25) is 11.8 Å². The molecule has 0 N–H and O–H groups in total. The Hall–Kier alpha value is -1.43. The van der Waals surface area contributed by atoms with E-state index in [2.05, 4.69) is 10.1 Å². The number of methoxy groups -OCH3 is 1. The second-order valence-corrected chi connectivity index (χ2v) is 5.01. The number of rotatable bonds is 5. The van der Waals surface area contributed by atoms with E-state index in [1.165, 1.54) is 0 Å². The summed E-state index contributed by atoms with van der Waals surface area (Å²) in [7, 11) is 1.65. The van der Waals surface area contributed by atoms with Crippen LogP contribution in [0.3, 0.4) is 0 Å². The summed E-state index contributed by atoms with van der Waals surface area (Å²) in [4.78, 5) is 18.0. The molecule has 2 heterocycles. The molecule has 1 aliphatic heterocycles. The van der Waals surface area contributed by atoms with E-state index in [0.29, 0.717) is 36.6 Å². The van der Waals surface area contributed by atoms with E-state index in [1.54, 1.807) is 7.11 Å². The lowest BCUT2D eigenvalue weighted by molar-refractivity contribution is -0.137. The van der Waals surface area contributed by atoms with E-state index in [1.807, 2.05) is 4.90 Å². The van der Waals surface area contributed by atoms with Gasteiger partial charge >= 0.3 is 0 Å². The molecule has 6 heteroatoms. The summed E-state index contributed by atoms with van der Waals surface area (Å²) < 4.78 is 10.2. The van der Waals surface area contributed by atoms with Crippen molar-refractivity contribution in [1.29, 1.82) is 0 Å². The number of likely N-dealkylation sites (tertiary alicyclic amines) is 1. The van der Waals surface area contributed by atoms with E-state index in [9.17, 15) is 4.79 Å². The van der Waals surface area contributed by atoms with E-state index >= 15 is 0 Å². The first kappa shape index (κ1) is 11.6. The largest absolute Gasteiger partial charge is 0.384 e. The van der Waals surface area contributed by atoms with Crippen LogP contribution in [-0.2, 0) is 16.0 Å². The summed E-state index contributed by atoms with van der Waals surface area (Å²) in [6.45, 7) is 2.04. The molecule has 1 saturated heterocycles. The number of ether oxygens (including phenoxy) is 1. The molecule has 0 radical (unpaired) electrons. The Kier molecular flexibility index (Phi) is 3.03. The SMILES string of the molecule is COCCc1noc(C2CN(C(=O)C3CC3)C2)n1. The standard InChI is InChI=1S/C12H17N3O3/c1-17-5-4-10-13-11(18-14-10)9-6-15(7-9)12(16)8-2-3-8/h8-9H,2-7H2,1H3. The van der Waals surface area contributed by atoms with Crippen molar-refractivity contribution in [2.75, 3.05) is 26.8 Å². The van der Waals surface area contributed by atoms with Gasteiger partial charge in [-0.2, -0.15) is 4.98 Å². The molecule has 0 aromatic carbocycles. The summed E-state index contributed by atoms with van der Waals surface area (Å²) in [6.07, 6.45) is 2.78. The number of carbonyl (C=O) groups is 1. The minimum atomic E-state index is 0.219. The molecule has 18 heavy (non-hydrogen) atoms. The van der Waals surface area contributed by atoms with Gasteiger partial charge in [0.1, 0.15) is 0 Å². The first-order chi connectivity index (χ1) is 8.78. The lowest BCUT2D eigenvalue weighted by atomic mass is 9.99. The molecule has 1 saturated carbocycles. The highest BCUT2D eigenvalue weighted by molar-refractivity contribution is 5.81. The fraction of sp³-hybridized carbons (Fsp3) is 0.750. The Labute approximate surface area is 105 Å². The average Bonchev–Trinajstić information content (AvgIpc) is 3.06. The molecule has 3 rings (SSSR count). The minimum absolute atomic E-state index is 0.219. The van der Waals surface area contributed by atoms with E-state index < -0.39 is 0 Å². The van der Waals surface area contributed by atoms with Gasteiger partial charge in [0, 0.05) is 32.5 Å². The highest BCUT2D eigenvalue weighted by Crippen LogP contribution is 2.35. The van der Waals surface area contributed by atoms with Crippen molar-refractivity contribution in [2.45, 2.75) is 25.2 Å². The molecular formula is C12H17N3O3. The average molecular weight is 251 g/mol. The van der Waals surface area contributed by atoms with Crippen molar-refractivity contribution in [3.05, 3.63) is 11.7 Å². The fourth-order valence-electron chi connectivity index (χ4n) is 2.13. The lowest BCUT2D eigenvalue weighted by Gasteiger charge is -2.37. The molecule has 1 aromatic heterocycles. The summed E-state index contributed by atoms with van der Waals surface area (Å²) in [5, 5.41) is 3.90. The molecule has 6 nitrogen and oxygen atoms in total. The number of hydrogen-bond acceptors (Lipinski definition) is 5. The molecule has 98 valence electrons. The maximum atomic E-state index is 11.8. The predicted octanol–water partition coefficient (Wildman–Crippen LogP) is 0.594. The van der Waals surface area contributed by atoms with Gasteiger partial charge in [-0.15, -0.1) is 0 Å². The van der Waals surface area contributed by atoms with Crippen LogP contribution in [0.5, 0.6) is 0 Å². The number of aromatic nitrogens is 2. The van der Waals surface area contributed by atoms with Crippen molar-refractivity contribution in [3.63, 3.8) is 0 Å². The van der Waals surface area contributed by atoms with Crippen LogP contribution in [0, 0.1) is 5.92 Å². The summed E-state index contributed by atoms with van der Waals surface area (Å²) in [6, 6.07) is 0. The molecule has 1 aromatic rings. The molecular weight excluding hydrogens is 234 g/mol. The highest BCUT2D eigenvalue weighted by Gasteiger charge is 2.41. The van der Waals surface area contributed by atoms with Gasteiger partial charge in [-0.3, -0.25) is 4.79 Å². The maximum absolute atomic E-state index is 11.8. The zero-order valence-corrected chi connectivity index (χ0v) is 10.5. The van der Waals surface area contributed by atoms with Crippen LogP contribution in [0.1, 0.15) is 30.5 Å². The van der Waals surface area contributed by atoms with Crippen molar-refractivity contribution in [2.24, 2.45) is 5.92 Å². The van der Waals surface area contributed by atoms with Crippen molar-refractivity contribution in [3.8, 4) is 0 Å². The molecule has 2 fully saturated rings. The van der Waals surface area contributed by atoms with Crippen LogP contribution in [0.25, 0.3) is 0 Å².